The number of nitrogens with one attached hydrogen (secondary N) is 3. The lowest BCUT2D eigenvalue weighted by Crippen LogP contribution is -2.32. The van der Waals surface area contributed by atoms with Gasteiger partial charge in [0.2, 0.25) is 0 Å². The highest BCUT2D eigenvalue weighted by atomic mass is 35.5. The van der Waals surface area contributed by atoms with Crippen LogP contribution in [0.25, 0.3) is 10.9 Å². The fourth-order valence-electron chi connectivity index (χ4n) is 2.99. The Kier molecular flexibility index (Phi) is 2.95. The molecule has 2 heterocycles. The van der Waals surface area contributed by atoms with E-state index in [1.165, 1.54) is 0 Å². The standard InChI is InChI=1S/C13H14N4O.ClH/c18-13(15-11-8-5-14-6-9(8)11)12-7-3-1-2-4-10(7)16-17-12;/h1-4,8-9,11,14H,5-6H2,(H,15,18)(H,16,17);1H. The lowest BCUT2D eigenvalue weighted by molar-refractivity contribution is 0.0943. The number of para-hydroxylation sites is 1. The number of carbonyl (C=O) groups is 1. The number of nitrogens with zero attached hydrogens (tertiary/aromatic N) is 1. The zero-order chi connectivity index (χ0) is 12.1. The summed E-state index contributed by atoms with van der Waals surface area (Å²) in [6, 6.07) is 8.04. The van der Waals surface area contributed by atoms with Gasteiger partial charge in [0.1, 0.15) is 0 Å². The minimum Gasteiger partial charge on any atom is -0.347 e. The summed E-state index contributed by atoms with van der Waals surface area (Å²) in [6.45, 7) is 2.05. The van der Waals surface area contributed by atoms with E-state index in [1.54, 1.807) is 0 Å². The van der Waals surface area contributed by atoms with Crippen molar-refractivity contribution in [3.63, 3.8) is 0 Å². The number of amides is 1. The summed E-state index contributed by atoms with van der Waals surface area (Å²) in [7, 11) is 0. The highest BCUT2D eigenvalue weighted by Gasteiger charge is 2.53. The quantitative estimate of drug-likeness (QED) is 0.765. The second-order valence-corrected chi connectivity index (χ2v) is 5.10. The third-order valence-electron chi connectivity index (χ3n) is 4.07. The van der Waals surface area contributed by atoms with E-state index in [2.05, 4.69) is 20.8 Å². The van der Waals surface area contributed by atoms with E-state index in [1.807, 2.05) is 24.3 Å². The van der Waals surface area contributed by atoms with Gasteiger partial charge in [-0.1, -0.05) is 18.2 Å². The average molecular weight is 279 g/mol. The molecular formula is C13H15ClN4O. The Morgan fingerprint density at radius 3 is 2.79 bits per heavy atom. The van der Waals surface area contributed by atoms with E-state index in [0.717, 1.165) is 24.0 Å². The molecular weight excluding hydrogens is 264 g/mol. The summed E-state index contributed by atoms with van der Waals surface area (Å²) in [5, 5.41) is 14.3. The minimum absolute atomic E-state index is 0. The van der Waals surface area contributed by atoms with Crippen molar-refractivity contribution in [2.24, 2.45) is 11.8 Å². The summed E-state index contributed by atoms with van der Waals surface area (Å²) in [5.41, 5.74) is 1.41. The van der Waals surface area contributed by atoms with Crippen molar-refractivity contribution in [3.05, 3.63) is 30.0 Å². The lowest BCUT2D eigenvalue weighted by Gasteiger charge is -2.06. The maximum atomic E-state index is 12.2. The van der Waals surface area contributed by atoms with Gasteiger partial charge in [-0.25, -0.2) is 0 Å². The van der Waals surface area contributed by atoms with E-state index in [0.29, 0.717) is 23.6 Å². The average Bonchev–Trinajstić information content (AvgIpc) is 2.84. The largest absolute Gasteiger partial charge is 0.347 e. The number of hydrogen-bond acceptors (Lipinski definition) is 3. The van der Waals surface area contributed by atoms with Gasteiger partial charge in [0.05, 0.1) is 5.52 Å². The van der Waals surface area contributed by atoms with Crippen LogP contribution in [0.4, 0.5) is 0 Å². The molecule has 1 saturated heterocycles. The van der Waals surface area contributed by atoms with Crippen LogP contribution in [0.15, 0.2) is 24.3 Å². The predicted molar refractivity (Wildman–Crippen MR) is 74.4 cm³/mol. The molecule has 100 valence electrons. The Hall–Kier alpha value is -1.59. The molecule has 2 unspecified atom stereocenters. The molecule has 2 atom stereocenters. The van der Waals surface area contributed by atoms with Crippen LogP contribution in [0, 0.1) is 11.8 Å². The normalized spacial score (nSPS) is 27.7. The Labute approximate surface area is 116 Å². The van der Waals surface area contributed by atoms with Crippen LogP contribution in [0.1, 0.15) is 10.5 Å². The molecule has 1 aromatic heterocycles. The van der Waals surface area contributed by atoms with Crippen molar-refractivity contribution in [1.82, 2.24) is 20.8 Å². The highest BCUT2D eigenvalue weighted by Crippen LogP contribution is 2.41. The minimum atomic E-state index is -0.0631. The van der Waals surface area contributed by atoms with Crippen molar-refractivity contribution in [2.45, 2.75) is 6.04 Å². The Morgan fingerprint density at radius 2 is 2.00 bits per heavy atom. The molecule has 19 heavy (non-hydrogen) atoms. The number of H-pyrrole nitrogens is 1. The first-order valence-corrected chi connectivity index (χ1v) is 6.29. The Balaban J connectivity index is 0.00000110. The molecule has 0 radical (unpaired) electrons. The molecule has 1 saturated carbocycles. The van der Waals surface area contributed by atoms with Gasteiger partial charge in [-0.3, -0.25) is 9.89 Å². The van der Waals surface area contributed by atoms with E-state index >= 15 is 0 Å². The van der Waals surface area contributed by atoms with Crippen LogP contribution in [-0.2, 0) is 0 Å². The topological polar surface area (TPSA) is 69.8 Å². The molecule has 1 amide bonds. The van der Waals surface area contributed by atoms with Crippen molar-refractivity contribution in [2.75, 3.05) is 13.1 Å². The van der Waals surface area contributed by atoms with Gasteiger partial charge in [-0.15, -0.1) is 12.4 Å². The van der Waals surface area contributed by atoms with Gasteiger partial charge in [0.25, 0.3) is 5.91 Å². The van der Waals surface area contributed by atoms with Crippen LogP contribution in [0.5, 0.6) is 0 Å². The van der Waals surface area contributed by atoms with E-state index < -0.39 is 0 Å². The van der Waals surface area contributed by atoms with Gasteiger partial charge >= 0.3 is 0 Å². The van der Waals surface area contributed by atoms with E-state index in [-0.39, 0.29) is 18.3 Å². The number of rotatable bonds is 2. The second-order valence-electron chi connectivity index (χ2n) is 5.10. The molecule has 6 heteroatoms. The van der Waals surface area contributed by atoms with Gasteiger partial charge < -0.3 is 10.6 Å². The Bertz CT molecular complexity index is 616. The van der Waals surface area contributed by atoms with Gasteiger partial charge in [-0.05, 0) is 17.9 Å². The van der Waals surface area contributed by atoms with Crippen LogP contribution < -0.4 is 10.6 Å². The summed E-state index contributed by atoms with van der Waals surface area (Å²) >= 11 is 0. The molecule has 3 N–H and O–H groups in total. The third kappa shape index (κ3) is 1.89. The van der Waals surface area contributed by atoms with Crippen LogP contribution in [-0.4, -0.2) is 35.2 Å². The number of carbonyl (C=O) groups excluding carboxylic acids is 1. The summed E-state index contributed by atoms with van der Waals surface area (Å²) in [5.74, 6) is 1.19. The number of piperidine rings is 1. The predicted octanol–water partition coefficient (Wildman–Crippen LogP) is 0.932. The molecule has 5 nitrogen and oxygen atoms in total. The number of halogens is 1. The molecule has 2 aliphatic rings. The van der Waals surface area contributed by atoms with Gasteiger partial charge in [-0.2, -0.15) is 5.10 Å². The van der Waals surface area contributed by atoms with E-state index in [4.69, 9.17) is 0 Å². The number of aromatic amines is 1. The summed E-state index contributed by atoms with van der Waals surface area (Å²) < 4.78 is 0. The first-order valence-electron chi connectivity index (χ1n) is 6.29. The molecule has 1 aliphatic carbocycles. The summed E-state index contributed by atoms with van der Waals surface area (Å²) in [4.78, 5) is 12.2. The number of aromatic nitrogens is 2. The van der Waals surface area contributed by atoms with Crippen LogP contribution >= 0.6 is 12.4 Å². The fourth-order valence-corrected chi connectivity index (χ4v) is 2.99. The molecule has 2 fully saturated rings. The first kappa shape index (κ1) is 12.4. The molecule has 1 aliphatic heterocycles. The van der Waals surface area contributed by atoms with Crippen LogP contribution in [0.3, 0.4) is 0 Å². The fraction of sp³-hybridized carbons (Fsp3) is 0.385. The lowest BCUT2D eigenvalue weighted by atomic mass is 10.2. The number of hydrogen-bond donors (Lipinski definition) is 3. The van der Waals surface area contributed by atoms with E-state index in [9.17, 15) is 4.79 Å². The maximum Gasteiger partial charge on any atom is 0.272 e. The van der Waals surface area contributed by atoms with Gasteiger partial charge in [0, 0.05) is 24.5 Å². The van der Waals surface area contributed by atoms with Crippen LogP contribution in [0.2, 0.25) is 0 Å². The molecule has 0 spiro atoms. The molecule has 0 bridgehead atoms. The SMILES string of the molecule is Cl.O=C(NC1C2CNCC21)c1n[nH]c2ccccc12. The monoisotopic (exact) mass is 278 g/mol. The molecule has 1 aromatic carbocycles. The summed E-state index contributed by atoms with van der Waals surface area (Å²) in [6.07, 6.45) is 0. The van der Waals surface area contributed by atoms with Crippen molar-refractivity contribution in [3.8, 4) is 0 Å². The molecule has 2 aromatic rings. The zero-order valence-electron chi connectivity index (χ0n) is 10.2. The second kappa shape index (κ2) is 4.51. The zero-order valence-corrected chi connectivity index (χ0v) is 11.0. The Morgan fingerprint density at radius 1 is 1.26 bits per heavy atom. The number of benzene rings is 1. The third-order valence-corrected chi connectivity index (χ3v) is 4.07. The van der Waals surface area contributed by atoms with Crippen molar-refractivity contribution in [1.29, 1.82) is 0 Å². The van der Waals surface area contributed by atoms with Crippen molar-refractivity contribution >= 4 is 29.2 Å². The van der Waals surface area contributed by atoms with Gasteiger partial charge in [0.15, 0.2) is 5.69 Å². The van der Waals surface area contributed by atoms with Crippen molar-refractivity contribution < 1.29 is 4.79 Å². The maximum absolute atomic E-state index is 12.2. The highest BCUT2D eigenvalue weighted by molar-refractivity contribution is 6.04. The number of fused-ring (bicyclic) bond motifs is 2. The first-order chi connectivity index (χ1) is 8.84. The molecule has 4 rings (SSSR count). The smallest absolute Gasteiger partial charge is 0.272 e.